The van der Waals surface area contributed by atoms with E-state index in [4.69, 9.17) is 5.73 Å². The molecule has 0 aliphatic carbocycles. The summed E-state index contributed by atoms with van der Waals surface area (Å²) in [6.07, 6.45) is 6.20. The number of nitrogens with zero attached hydrogens (tertiary/aromatic N) is 1. The number of halogens is 1. The predicted octanol–water partition coefficient (Wildman–Crippen LogP) is 2.68. The largest absolute Gasteiger partial charge is 0.343 e. The van der Waals surface area contributed by atoms with Crippen molar-refractivity contribution in [1.29, 1.82) is 0 Å². The van der Waals surface area contributed by atoms with Gasteiger partial charge in [-0.1, -0.05) is 12.1 Å². The minimum atomic E-state index is -0.477. The summed E-state index contributed by atoms with van der Waals surface area (Å²) in [7, 11) is 0. The molecular formula is C18H28ClN3O2S. The zero-order valence-electron chi connectivity index (χ0n) is 14.7. The number of nitrogens with one attached hydrogen (secondary N) is 1. The third-order valence-electron chi connectivity index (χ3n) is 4.28. The first kappa shape index (κ1) is 21.8. The fraction of sp³-hybridized carbons (Fsp3) is 0.556. The highest BCUT2D eigenvalue weighted by Gasteiger charge is 2.17. The van der Waals surface area contributed by atoms with E-state index in [2.05, 4.69) is 5.32 Å². The maximum atomic E-state index is 12.0. The van der Waals surface area contributed by atoms with Crippen molar-refractivity contribution < 1.29 is 9.59 Å². The molecule has 25 heavy (non-hydrogen) atoms. The van der Waals surface area contributed by atoms with Crippen molar-refractivity contribution in [3.63, 3.8) is 0 Å². The average Bonchev–Trinajstić information content (AvgIpc) is 3.13. The molecule has 1 heterocycles. The lowest BCUT2D eigenvalue weighted by molar-refractivity contribution is -0.130. The molecule has 2 rings (SSSR count). The van der Waals surface area contributed by atoms with Crippen molar-refractivity contribution in [3.05, 3.63) is 29.8 Å². The highest BCUT2D eigenvalue weighted by Crippen LogP contribution is 2.14. The van der Waals surface area contributed by atoms with Crippen LogP contribution in [0.3, 0.4) is 0 Å². The van der Waals surface area contributed by atoms with Crippen molar-refractivity contribution in [3.8, 4) is 0 Å². The molecule has 0 aromatic heterocycles. The summed E-state index contributed by atoms with van der Waals surface area (Å²) in [5, 5.41) is 2.84. The van der Waals surface area contributed by atoms with Gasteiger partial charge >= 0.3 is 0 Å². The molecule has 1 fully saturated rings. The third kappa shape index (κ3) is 7.26. The molecule has 0 spiro atoms. The highest BCUT2D eigenvalue weighted by atomic mass is 35.5. The molecule has 2 amide bonds. The van der Waals surface area contributed by atoms with Gasteiger partial charge in [-0.05, 0) is 55.4 Å². The fourth-order valence-corrected chi connectivity index (χ4v) is 3.23. The van der Waals surface area contributed by atoms with Gasteiger partial charge in [-0.2, -0.15) is 11.8 Å². The Balaban J connectivity index is 0.00000312. The average molecular weight is 386 g/mol. The Hall–Kier alpha value is -1.24. The van der Waals surface area contributed by atoms with Gasteiger partial charge in [0.05, 0.1) is 6.04 Å². The van der Waals surface area contributed by atoms with Gasteiger partial charge in [0.1, 0.15) is 0 Å². The number of nitrogens with two attached hydrogens (primary N) is 1. The van der Waals surface area contributed by atoms with E-state index in [1.165, 1.54) is 0 Å². The van der Waals surface area contributed by atoms with Gasteiger partial charge < -0.3 is 16.0 Å². The summed E-state index contributed by atoms with van der Waals surface area (Å²) < 4.78 is 0. The molecule has 1 aliphatic rings. The maximum absolute atomic E-state index is 12.0. The number of benzene rings is 1. The minimum absolute atomic E-state index is 0. The number of aryl methyl sites for hydroxylation is 1. The van der Waals surface area contributed by atoms with Gasteiger partial charge in [0.2, 0.25) is 11.8 Å². The molecule has 0 unspecified atom stereocenters. The zero-order chi connectivity index (χ0) is 17.4. The lowest BCUT2D eigenvalue weighted by Gasteiger charge is -2.15. The molecule has 1 aromatic rings. The van der Waals surface area contributed by atoms with Gasteiger partial charge in [0.15, 0.2) is 0 Å². The molecule has 1 atom stereocenters. The monoisotopic (exact) mass is 385 g/mol. The Bertz CT molecular complexity index is 548. The standard InChI is InChI=1S/C18H27N3O2S.ClH/c1-24-13-10-16(19)18(23)20-15-7-4-14(5-8-15)6-9-17(22)21-11-2-3-12-21;/h4-5,7-8,16H,2-3,6,9-13,19H2,1H3,(H,20,23);1H/t16-;/m0./s1. The Kier molecular flexibility index (Phi) is 9.93. The summed E-state index contributed by atoms with van der Waals surface area (Å²) in [4.78, 5) is 26.0. The molecule has 5 nitrogen and oxygen atoms in total. The van der Waals surface area contributed by atoms with E-state index >= 15 is 0 Å². The highest BCUT2D eigenvalue weighted by molar-refractivity contribution is 7.98. The number of carbonyl (C=O) groups excluding carboxylic acids is 2. The van der Waals surface area contributed by atoms with Gasteiger partial charge in [0.25, 0.3) is 0 Å². The van der Waals surface area contributed by atoms with E-state index in [1.54, 1.807) is 11.8 Å². The molecule has 1 aliphatic heterocycles. The van der Waals surface area contributed by atoms with E-state index in [0.717, 1.165) is 49.4 Å². The van der Waals surface area contributed by atoms with Gasteiger partial charge in [-0.25, -0.2) is 0 Å². The summed E-state index contributed by atoms with van der Waals surface area (Å²) in [6, 6.07) is 7.18. The molecule has 7 heteroatoms. The van der Waals surface area contributed by atoms with Gasteiger partial charge in [0, 0.05) is 25.2 Å². The van der Waals surface area contributed by atoms with Gasteiger partial charge in [-0.3, -0.25) is 9.59 Å². The van der Waals surface area contributed by atoms with Crippen LogP contribution >= 0.6 is 24.2 Å². The van der Waals surface area contributed by atoms with Crippen molar-refractivity contribution in [1.82, 2.24) is 4.90 Å². The van der Waals surface area contributed by atoms with E-state index in [9.17, 15) is 9.59 Å². The van der Waals surface area contributed by atoms with Crippen LogP contribution in [0.4, 0.5) is 5.69 Å². The van der Waals surface area contributed by atoms with Crippen LogP contribution in [0.1, 0.15) is 31.2 Å². The Labute approximate surface area is 160 Å². The Morgan fingerprint density at radius 3 is 2.48 bits per heavy atom. The summed E-state index contributed by atoms with van der Waals surface area (Å²) in [5.41, 5.74) is 7.70. The number of rotatable bonds is 8. The first-order chi connectivity index (χ1) is 11.6. The van der Waals surface area contributed by atoms with Crippen LogP contribution in [-0.2, 0) is 16.0 Å². The van der Waals surface area contributed by atoms with Crippen molar-refractivity contribution in [2.45, 2.75) is 38.1 Å². The minimum Gasteiger partial charge on any atom is -0.343 e. The SMILES string of the molecule is CSCC[C@H](N)C(=O)Nc1ccc(CCC(=O)N2CCCC2)cc1.Cl. The number of amides is 2. The lowest BCUT2D eigenvalue weighted by atomic mass is 10.1. The molecular weight excluding hydrogens is 358 g/mol. The number of anilines is 1. The van der Waals surface area contributed by atoms with Crippen LogP contribution in [0, 0.1) is 0 Å². The van der Waals surface area contributed by atoms with Crippen LogP contribution in [0.2, 0.25) is 0 Å². The summed E-state index contributed by atoms with van der Waals surface area (Å²) >= 11 is 1.68. The van der Waals surface area contributed by atoms with Crippen LogP contribution in [-0.4, -0.2) is 47.9 Å². The maximum Gasteiger partial charge on any atom is 0.241 e. The van der Waals surface area contributed by atoms with E-state index < -0.39 is 6.04 Å². The lowest BCUT2D eigenvalue weighted by Crippen LogP contribution is -2.36. The van der Waals surface area contributed by atoms with Crippen molar-refractivity contribution >= 4 is 41.7 Å². The second kappa shape index (κ2) is 11.4. The Morgan fingerprint density at radius 2 is 1.88 bits per heavy atom. The third-order valence-corrected chi connectivity index (χ3v) is 4.92. The number of thioether (sulfide) groups is 1. The molecule has 140 valence electrons. The molecule has 0 saturated carbocycles. The van der Waals surface area contributed by atoms with E-state index in [1.807, 2.05) is 35.4 Å². The second-order valence-corrected chi connectivity index (χ2v) is 7.15. The zero-order valence-corrected chi connectivity index (χ0v) is 16.3. The van der Waals surface area contributed by atoms with E-state index in [-0.39, 0.29) is 24.2 Å². The first-order valence-electron chi connectivity index (χ1n) is 8.52. The topological polar surface area (TPSA) is 75.4 Å². The van der Waals surface area contributed by atoms with Crippen LogP contribution in [0.5, 0.6) is 0 Å². The van der Waals surface area contributed by atoms with E-state index in [0.29, 0.717) is 12.8 Å². The number of hydrogen-bond acceptors (Lipinski definition) is 4. The van der Waals surface area contributed by atoms with Crippen LogP contribution in [0.25, 0.3) is 0 Å². The molecule has 0 radical (unpaired) electrons. The van der Waals surface area contributed by atoms with Crippen LogP contribution < -0.4 is 11.1 Å². The Morgan fingerprint density at radius 1 is 1.24 bits per heavy atom. The summed E-state index contributed by atoms with van der Waals surface area (Å²) in [6.45, 7) is 1.81. The van der Waals surface area contributed by atoms with Crippen molar-refractivity contribution in [2.75, 3.05) is 30.4 Å². The second-order valence-electron chi connectivity index (χ2n) is 6.16. The number of carbonyl (C=O) groups is 2. The van der Waals surface area contributed by atoms with Crippen molar-refractivity contribution in [2.24, 2.45) is 5.73 Å². The smallest absolute Gasteiger partial charge is 0.241 e. The molecule has 3 N–H and O–H groups in total. The van der Waals surface area contributed by atoms with Crippen LogP contribution in [0.15, 0.2) is 24.3 Å². The predicted molar refractivity (Wildman–Crippen MR) is 107 cm³/mol. The molecule has 0 bridgehead atoms. The number of hydrogen-bond donors (Lipinski definition) is 2. The van der Waals surface area contributed by atoms with Gasteiger partial charge in [-0.15, -0.1) is 12.4 Å². The number of likely N-dealkylation sites (tertiary alicyclic amines) is 1. The normalized spacial score (nSPS) is 14.7. The fourth-order valence-electron chi connectivity index (χ4n) is 2.74. The first-order valence-corrected chi connectivity index (χ1v) is 9.91. The molecule has 1 aromatic carbocycles. The quantitative estimate of drug-likeness (QED) is 0.721. The summed E-state index contributed by atoms with van der Waals surface area (Å²) in [5.74, 6) is 0.962. The molecule has 1 saturated heterocycles.